The fourth-order valence-electron chi connectivity index (χ4n) is 3.33. The van der Waals surface area contributed by atoms with Crippen LogP contribution in [-0.4, -0.2) is 3.96 Å². The lowest BCUT2D eigenvalue weighted by molar-refractivity contribution is 0.619. The summed E-state index contributed by atoms with van der Waals surface area (Å²) in [7, 11) is 0. The smallest absolute Gasteiger partial charge is 0.129 e. The number of para-hydroxylation sites is 1. The largest absolute Gasteiger partial charge is 0.374 e. The number of aromatic nitrogens is 1. The number of nitrogens with zero attached hydrogens (tertiary/aromatic N) is 1. The maximum atomic E-state index is 6.35. The molecule has 0 bridgehead atoms. The minimum Gasteiger partial charge on any atom is -0.374 e. The van der Waals surface area contributed by atoms with Crippen LogP contribution in [0.3, 0.4) is 0 Å². The zero-order chi connectivity index (χ0) is 17.9. The highest BCUT2D eigenvalue weighted by atomic mass is 35.5. The molecule has 1 aliphatic heterocycles. The summed E-state index contributed by atoms with van der Waals surface area (Å²) in [5.41, 5.74) is 6.68. The van der Waals surface area contributed by atoms with E-state index in [1.54, 1.807) is 11.5 Å². The molecule has 5 heteroatoms. The second kappa shape index (κ2) is 5.70. The van der Waals surface area contributed by atoms with Crippen molar-refractivity contribution in [1.82, 2.24) is 3.96 Å². The van der Waals surface area contributed by atoms with E-state index in [-0.39, 0.29) is 5.54 Å². The van der Waals surface area contributed by atoms with Gasteiger partial charge in [-0.2, -0.15) is 0 Å². The van der Waals surface area contributed by atoms with Gasteiger partial charge in [0.2, 0.25) is 0 Å². The summed E-state index contributed by atoms with van der Waals surface area (Å²) in [6, 6.07) is 12.5. The number of benzene rings is 2. The highest BCUT2D eigenvalue weighted by Gasteiger charge is 2.35. The Hall–Kier alpha value is -1.62. The predicted octanol–water partition coefficient (Wildman–Crippen LogP) is 6.87. The number of anilines is 1. The number of hydrogen-bond acceptors (Lipinski definition) is 3. The van der Waals surface area contributed by atoms with E-state index >= 15 is 0 Å². The van der Waals surface area contributed by atoms with Crippen LogP contribution in [0.5, 0.6) is 0 Å². The first-order chi connectivity index (χ1) is 11.8. The monoisotopic (exact) mass is 386 g/mol. The topological polar surface area (TPSA) is 17.0 Å². The Balaban J connectivity index is 2.02. The van der Waals surface area contributed by atoms with Crippen LogP contribution in [-0.2, 0) is 5.54 Å². The zero-order valence-electron chi connectivity index (χ0n) is 14.6. The van der Waals surface area contributed by atoms with E-state index < -0.39 is 0 Å². The molecule has 0 amide bonds. The molecule has 128 valence electrons. The number of nitrogens with one attached hydrogen (secondary N) is 1. The first kappa shape index (κ1) is 16.8. The van der Waals surface area contributed by atoms with Crippen LogP contribution in [0, 0.1) is 18.5 Å². The Kier molecular flexibility index (Phi) is 3.83. The molecule has 1 aliphatic rings. The molecule has 1 N–H and O–H groups in total. The molecule has 3 aromatic rings. The fraction of sp³-hybridized carbons (Fsp3) is 0.250. The molecule has 0 spiro atoms. The van der Waals surface area contributed by atoms with Gasteiger partial charge in [-0.05, 0) is 51.0 Å². The average molecular weight is 387 g/mol. The third-order valence-corrected chi connectivity index (χ3v) is 7.13. The van der Waals surface area contributed by atoms with Gasteiger partial charge in [-0.1, -0.05) is 59.6 Å². The molecule has 2 nitrogen and oxygen atoms in total. The van der Waals surface area contributed by atoms with Crippen molar-refractivity contribution in [1.29, 1.82) is 0 Å². The summed E-state index contributed by atoms with van der Waals surface area (Å²) in [5, 5.41) is 4.46. The zero-order valence-corrected chi connectivity index (χ0v) is 17.0. The molecule has 0 unspecified atom stereocenters. The molecule has 0 atom stereocenters. The van der Waals surface area contributed by atoms with Gasteiger partial charge in [0.15, 0.2) is 0 Å². The number of hydrogen-bond donors (Lipinski definition) is 1. The highest BCUT2D eigenvalue weighted by Crippen LogP contribution is 2.48. The minimum atomic E-state index is -0.174. The SMILES string of the molecule is Cc1ccc(-n2sc3c(c2=S)-c2cccc(C)c2NC3(C)C)cc1Cl. The summed E-state index contributed by atoms with van der Waals surface area (Å²) in [4.78, 5) is 1.26. The van der Waals surface area contributed by atoms with E-state index in [0.717, 1.165) is 20.9 Å². The van der Waals surface area contributed by atoms with E-state index in [0.29, 0.717) is 0 Å². The van der Waals surface area contributed by atoms with Crippen LogP contribution in [0.1, 0.15) is 29.9 Å². The van der Waals surface area contributed by atoms with Gasteiger partial charge in [-0.3, -0.25) is 3.96 Å². The standard InChI is InChI=1S/C20H19ClN2S2/c1-11-8-9-13(10-15(11)21)23-19(24)16-14-7-5-6-12(2)17(14)22-20(3,4)18(16)25-23/h5-10,22H,1-4H3. The summed E-state index contributed by atoms with van der Waals surface area (Å²) in [6.07, 6.45) is 0. The first-order valence-electron chi connectivity index (χ1n) is 8.21. The van der Waals surface area contributed by atoms with Crippen molar-refractivity contribution in [3.8, 4) is 16.8 Å². The molecule has 0 saturated heterocycles. The molecule has 0 saturated carbocycles. The summed E-state index contributed by atoms with van der Waals surface area (Å²) in [6.45, 7) is 8.56. The van der Waals surface area contributed by atoms with Gasteiger partial charge in [0.25, 0.3) is 0 Å². The van der Waals surface area contributed by atoms with Gasteiger partial charge in [0, 0.05) is 21.8 Å². The van der Waals surface area contributed by atoms with Gasteiger partial charge in [0.1, 0.15) is 4.64 Å². The molecular formula is C20H19ClN2S2. The van der Waals surface area contributed by atoms with Crippen molar-refractivity contribution >= 4 is 41.0 Å². The molecule has 0 fully saturated rings. The summed E-state index contributed by atoms with van der Waals surface area (Å²) in [5.74, 6) is 0. The predicted molar refractivity (Wildman–Crippen MR) is 111 cm³/mol. The van der Waals surface area contributed by atoms with E-state index in [4.69, 9.17) is 23.8 Å². The molecular weight excluding hydrogens is 368 g/mol. The van der Waals surface area contributed by atoms with Gasteiger partial charge in [-0.15, -0.1) is 0 Å². The second-order valence-electron chi connectivity index (χ2n) is 7.08. The Morgan fingerprint density at radius 2 is 1.88 bits per heavy atom. The quantitative estimate of drug-likeness (QED) is 0.459. The van der Waals surface area contributed by atoms with Gasteiger partial charge >= 0.3 is 0 Å². The third kappa shape index (κ3) is 2.55. The van der Waals surface area contributed by atoms with E-state index in [9.17, 15) is 0 Å². The van der Waals surface area contributed by atoms with Crippen molar-refractivity contribution in [2.24, 2.45) is 0 Å². The number of rotatable bonds is 1. The van der Waals surface area contributed by atoms with Crippen molar-refractivity contribution in [3.63, 3.8) is 0 Å². The van der Waals surface area contributed by atoms with Crippen molar-refractivity contribution < 1.29 is 0 Å². The van der Waals surface area contributed by atoms with Gasteiger partial charge < -0.3 is 5.32 Å². The summed E-state index contributed by atoms with van der Waals surface area (Å²) >= 11 is 13.9. The maximum absolute atomic E-state index is 6.35. The molecule has 0 aliphatic carbocycles. The highest BCUT2D eigenvalue weighted by molar-refractivity contribution is 7.71. The van der Waals surface area contributed by atoms with Crippen LogP contribution in [0.2, 0.25) is 5.02 Å². The first-order valence-corrected chi connectivity index (χ1v) is 9.77. The van der Waals surface area contributed by atoms with Gasteiger partial charge in [0.05, 0.1) is 16.1 Å². The average Bonchev–Trinajstić information content (AvgIpc) is 2.90. The lowest BCUT2D eigenvalue weighted by atomic mass is 9.88. The van der Waals surface area contributed by atoms with E-state index in [1.807, 2.05) is 19.1 Å². The van der Waals surface area contributed by atoms with E-state index in [1.165, 1.54) is 27.3 Å². The van der Waals surface area contributed by atoms with Crippen molar-refractivity contribution in [2.45, 2.75) is 33.2 Å². The summed E-state index contributed by atoms with van der Waals surface area (Å²) < 4.78 is 2.97. The molecule has 2 aromatic carbocycles. The Labute approximate surface area is 162 Å². The van der Waals surface area contributed by atoms with Crippen LogP contribution in [0.25, 0.3) is 16.8 Å². The second-order valence-corrected chi connectivity index (χ2v) is 8.83. The number of aryl methyl sites for hydroxylation is 2. The van der Waals surface area contributed by atoms with E-state index in [2.05, 4.69) is 54.3 Å². The normalized spacial score (nSPS) is 14.6. The molecule has 4 rings (SSSR count). The molecule has 2 heterocycles. The maximum Gasteiger partial charge on any atom is 0.129 e. The van der Waals surface area contributed by atoms with Crippen LogP contribution >= 0.6 is 35.4 Å². The molecule has 0 radical (unpaired) electrons. The minimum absolute atomic E-state index is 0.174. The number of fused-ring (bicyclic) bond motifs is 3. The Morgan fingerprint density at radius 1 is 1.12 bits per heavy atom. The van der Waals surface area contributed by atoms with Crippen LogP contribution < -0.4 is 5.32 Å². The fourth-order valence-corrected chi connectivity index (χ4v) is 5.15. The van der Waals surface area contributed by atoms with Crippen molar-refractivity contribution in [2.75, 3.05) is 5.32 Å². The van der Waals surface area contributed by atoms with Crippen LogP contribution in [0.15, 0.2) is 36.4 Å². The molecule has 25 heavy (non-hydrogen) atoms. The Morgan fingerprint density at radius 3 is 2.60 bits per heavy atom. The number of halogens is 1. The Bertz CT molecular complexity index is 1060. The lowest BCUT2D eigenvalue weighted by Crippen LogP contribution is -2.31. The van der Waals surface area contributed by atoms with Crippen molar-refractivity contribution in [3.05, 3.63) is 62.1 Å². The van der Waals surface area contributed by atoms with Gasteiger partial charge in [-0.25, -0.2) is 0 Å². The molecule has 1 aromatic heterocycles. The third-order valence-electron chi connectivity index (χ3n) is 4.75. The van der Waals surface area contributed by atoms with Crippen LogP contribution in [0.4, 0.5) is 5.69 Å². The lowest BCUT2D eigenvalue weighted by Gasteiger charge is -2.34.